The van der Waals surface area contributed by atoms with Crippen LogP contribution in [0.1, 0.15) is 33.4 Å². The summed E-state index contributed by atoms with van der Waals surface area (Å²) < 4.78 is 71.7. The molecule has 2 aromatic carbocycles. The van der Waals surface area contributed by atoms with E-state index in [2.05, 4.69) is 10.8 Å². The summed E-state index contributed by atoms with van der Waals surface area (Å²) >= 11 is 0. The van der Waals surface area contributed by atoms with Gasteiger partial charge in [0.2, 0.25) is 0 Å². The highest BCUT2D eigenvalue weighted by Gasteiger charge is 2.49. The molecule has 0 radical (unpaired) electrons. The number of nitrogens with zero attached hydrogens (tertiary/aromatic N) is 1. The van der Waals surface area contributed by atoms with E-state index in [1.807, 2.05) is 30.3 Å². The summed E-state index contributed by atoms with van der Waals surface area (Å²) in [6, 6.07) is 9.19. The lowest BCUT2D eigenvalue weighted by Crippen LogP contribution is -2.37. The van der Waals surface area contributed by atoms with E-state index in [-0.39, 0.29) is 30.8 Å². The molecule has 0 saturated heterocycles. The van der Waals surface area contributed by atoms with Crippen LogP contribution >= 0.6 is 0 Å². The highest BCUT2D eigenvalue weighted by atomic mass is 32.2. The second kappa shape index (κ2) is 8.85. The first-order valence-corrected chi connectivity index (χ1v) is 11.1. The Bertz CT molecular complexity index is 1140. The van der Waals surface area contributed by atoms with E-state index in [0.717, 1.165) is 5.56 Å². The van der Waals surface area contributed by atoms with Gasteiger partial charge in [-0.15, -0.1) is 0 Å². The second-order valence-electron chi connectivity index (χ2n) is 7.35. The highest BCUT2D eigenvalue weighted by molar-refractivity contribution is 7.88. The molecule has 0 spiro atoms. The summed E-state index contributed by atoms with van der Waals surface area (Å²) in [5, 5.41) is 0. The molecule has 172 valence electrons. The van der Waals surface area contributed by atoms with Gasteiger partial charge in [-0.1, -0.05) is 43.0 Å². The zero-order valence-corrected chi connectivity index (χ0v) is 18.3. The van der Waals surface area contributed by atoms with Crippen LogP contribution in [0.3, 0.4) is 0 Å². The number of alkyl halides is 3. The van der Waals surface area contributed by atoms with E-state index >= 15 is 0 Å². The van der Waals surface area contributed by atoms with E-state index in [0.29, 0.717) is 23.1 Å². The summed E-state index contributed by atoms with van der Waals surface area (Å²) in [5.74, 6) is -0.395. The Morgan fingerprint density at radius 2 is 1.81 bits per heavy atom. The molecule has 0 bridgehead atoms. The zero-order valence-electron chi connectivity index (χ0n) is 17.5. The summed E-state index contributed by atoms with van der Waals surface area (Å²) in [7, 11) is -5.84. The van der Waals surface area contributed by atoms with Crippen molar-refractivity contribution in [3.05, 3.63) is 70.3 Å². The van der Waals surface area contributed by atoms with Crippen molar-refractivity contribution in [2.45, 2.75) is 38.9 Å². The van der Waals surface area contributed by atoms with Gasteiger partial charge in [0, 0.05) is 18.7 Å². The minimum atomic E-state index is -5.84. The average Bonchev–Trinajstić information content (AvgIpc) is 2.75. The Labute approximate surface area is 184 Å². The molecule has 3 rings (SSSR count). The predicted octanol–water partition coefficient (Wildman–Crippen LogP) is 4.87. The van der Waals surface area contributed by atoms with Gasteiger partial charge >= 0.3 is 21.7 Å². The number of halogens is 3. The summed E-state index contributed by atoms with van der Waals surface area (Å²) in [6.45, 7) is 7.26. The van der Waals surface area contributed by atoms with Gasteiger partial charge in [0.05, 0.1) is 0 Å². The first-order chi connectivity index (χ1) is 15.0. The third-order valence-corrected chi connectivity index (χ3v) is 6.34. The lowest BCUT2D eigenvalue weighted by atomic mass is 9.87. The van der Waals surface area contributed by atoms with Crippen LogP contribution in [0, 0.1) is 13.8 Å². The Morgan fingerprint density at radius 3 is 2.41 bits per heavy atom. The van der Waals surface area contributed by atoms with Gasteiger partial charge in [0.1, 0.15) is 6.61 Å². The van der Waals surface area contributed by atoms with Crippen LogP contribution < -0.4 is 4.18 Å². The number of ether oxygens (including phenoxy) is 1. The lowest BCUT2D eigenvalue weighted by Gasteiger charge is -2.32. The number of amides is 1. The molecule has 1 heterocycles. The number of carbonyl (C=O) groups is 1. The molecule has 10 heteroatoms. The number of hydrogen-bond acceptors (Lipinski definition) is 5. The predicted molar refractivity (Wildman–Crippen MR) is 112 cm³/mol. The number of carbonyl (C=O) groups excluding carboxylic acids is 1. The molecule has 32 heavy (non-hydrogen) atoms. The maximum absolute atomic E-state index is 12.9. The van der Waals surface area contributed by atoms with Gasteiger partial charge in [0.25, 0.3) is 0 Å². The summed E-state index contributed by atoms with van der Waals surface area (Å²) in [6.07, 6.45) is 1.04. The van der Waals surface area contributed by atoms with E-state index in [1.165, 1.54) is 17.9 Å². The van der Waals surface area contributed by atoms with Crippen molar-refractivity contribution >= 4 is 22.3 Å². The van der Waals surface area contributed by atoms with Crippen molar-refractivity contribution in [3.8, 4) is 5.75 Å². The molecule has 1 aliphatic rings. The molecule has 6 nitrogen and oxygen atoms in total. The molecule has 0 aliphatic carbocycles. The van der Waals surface area contributed by atoms with Crippen molar-refractivity contribution < 1.29 is 35.3 Å². The highest BCUT2D eigenvalue weighted by Crippen LogP contribution is 2.39. The van der Waals surface area contributed by atoms with Crippen LogP contribution in [0.15, 0.2) is 36.9 Å². The maximum Gasteiger partial charge on any atom is 0.534 e. The second-order valence-corrected chi connectivity index (χ2v) is 8.89. The van der Waals surface area contributed by atoms with Crippen LogP contribution in [0.4, 0.5) is 18.0 Å². The molecular formula is C22H22F3NO5S. The van der Waals surface area contributed by atoms with E-state index in [1.54, 1.807) is 6.92 Å². The number of rotatable bonds is 5. The molecule has 0 atom stereocenters. The fourth-order valence-corrected chi connectivity index (χ4v) is 4.20. The molecule has 0 fully saturated rings. The molecule has 0 saturated carbocycles. The van der Waals surface area contributed by atoms with Crippen molar-refractivity contribution in [1.29, 1.82) is 0 Å². The van der Waals surface area contributed by atoms with Crippen molar-refractivity contribution in [2.75, 3.05) is 6.54 Å². The molecule has 0 aromatic heterocycles. The summed E-state index contributed by atoms with van der Waals surface area (Å²) in [4.78, 5) is 14.0. The Morgan fingerprint density at radius 1 is 1.16 bits per heavy atom. The quantitative estimate of drug-likeness (QED) is 0.462. The first kappa shape index (κ1) is 23.6. The van der Waals surface area contributed by atoms with Gasteiger partial charge in [-0.3, -0.25) is 0 Å². The minimum absolute atomic E-state index is 0.112. The molecule has 1 aliphatic heterocycles. The van der Waals surface area contributed by atoms with E-state index < -0.39 is 27.5 Å². The number of hydrogen-bond donors (Lipinski definition) is 0. The Hall–Kier alpha value is -3.01. The van der Waals surface area contributed by atoms with Gasteiger partial charge in [0.15, 0.2) is 5.75 Å². The average molecular weight is 469 g/mol. The minimum Gasteiger partial charge on any atom is -0.445 e. The molecule has 0 N–H and O–H groups in total. The van der Waals surface area contributed by atoms with Crippen LogP contribution in [-0.2, 0) is 34.4 Å². The topological polar surface area (TPSA) is 72.9 Å². The fourth-order valence-electron chi connectivity index (χ4n) is 3.67. The zero-order chi connectivity index (χ0) is 23.7. The largest absolute Gasteiger partial charge is 0.534 e. The Kier molecular flexibility index (Phi) is 6.54. The fraction of sp³-hybridized carbons (Fsp3) is 0.318. The smallest absolute Gasteiger partial charge is 0.445 e. The van der Waals surface area contributed by atoms with Gasteiger partial charge in [-0.25, -0.2) is 4.79 Å². The van der Waals surface area contributed by atoms with Crippen LogP contribution in [0.25, 0.3) is 6.08 Å². The van der Waals surface area contributed by atoms with Gasteiger partial charge in [-0.05, 0) is 48.1 Å². The van der Waals surface area contributed by atoms with Crippen LogP contribution in [0.5, 0.6) is 5.75 Å². The van der Waals surface area contributed by atoms with Gasteiger partial charge < -0.3 is 13.8 Å². The van der Waals surface area contributed by atoms with Crippen molar-refractivity contribution in [3.63, 3.8) is 0 Å². The molecular weight excluding hydrogens is 447 g/mol. The third kappa shape index (κ3) is 4.59. The Balaban J connectivity index is 1.88. The van der Waals surface area contributed by atoms with Crippen LogP contribution in [0.2, 0.25) is 0 Å². The standard InChI is InChI=1S/C22H22F3NO5S/c1-4-17-14(2)19-12-26(21(27)30-13-16-8-6-5-7-9-16)11-10-18(19)15(3)20(17)31-32(28,29)22(23,24)25/h4-9H,1,10-13H2,2-3H3. The maximum atomic E-state index is 12.9. The summed E-state index contributed by atoms with van der Waals surface area (Å²) in [5.41, 5.74) is -2.47. The van der Waals surface area contributed by atoms with Gasteiger partial charge in [-0.2, -0.15) is 21.6 Å². The number of benzene rings is 2. The lowest BCUT2D eigenvalue weighted by molar-refractivity contribution is -0.0500. The monoisotopic (exact) mass is 469 g/mol. The SMILES string of the molecule is C=Cc1c(C)c2c(c(C)c1OS(=O)(=O)C(F)(F)F)CCN(C(=O)OCc1ccccc1)C2. The molecule has 1 amide bonds. The van der Waals surface area contributed by atoms with Crippen molar-refractivity contribution in [2.24, 2.45) is 0 Å². The van der Waals surface area contributed by atoms with E-state index in [9.17, 15) is 26.4 Å². The molecule has 0 unspecified atom stereocenters. The molecule has 2 aromatic rings. The third-order valence-electron chi connectivity index (χ3n) is 5.38. The van der Waals surface area contributed by atoms with E-state index in [4.69, 9.17) is 4.74 Å². The normalized spacial score (nSPS) is 14.0. The van der Waals surface area contributed by atoms with Crippen LogP contribution in [-0.4, -0.2) is 31.5 Å². The first-order valence-electron chi connectivity index (χ1n) is 9.70. The van der Waals surface area contributed by atoms with Crippen molar-refractivity contribution in [1.82, 2.24) is 4.90 Å². The number of fused-ring (bicyclic) bond motifs is 1.